The number of urea groups is 1. The number of carbonyl (C=O) groups is 1. The van der Waals surface area contributed by atoms with Gasteiger partial charge in [0.1, 0.15) is 11.6 Å². The monoisotopic (exact) mass is 460 g/mol. The molecule has 0 unspecified atom stereocenters. The Kier molecular flexibility index (Phi) is 5.78. The standard InChI is InChI=1S/C22H13F5N4O2/c23-16-4-1-12(9-15(16)22(25,26)27)30-21(32)31-13-2-5-17(24)20(10-13)33-14-3-6-18-19(11-14)29-8-7-28-18/h1-11H,(H2,30,31,32). The predicted octanol–water partition coefficient (Wildman–Crippen LogP) is 6.36. The van der Waals surface area contributed by atoms with Crippen molar-refractivity contribution < 1.29 is 31.5 Å². The summed E-state index contributed by atoms with van der Waals surface area (Å²) in [6.07, 6.45) is -1.90. The topological polar surface area (TPSA) is 76.1 Å². The first-order chi connectivity index (χ1) is 15.7. The smallest absolute Gasteiger partial charge is 0.419 e. The van der Waals surface area contributed by atoms with Crippen LogP contribution in [-0.2, 0) is 6.18 Å². The molecule has 1 aromatic heterocycles. The number of alkyl halides is 3. The summed E-state index contributed by atoms with van der Waals surface area (Å²) in [7, 11) is 0. The number of anilines is 2. The lowest BCUT2D eigenvalue weighted by Crippen LogP contribution is -2.20. The molecule has 0 fully saturated rings. The van der Waals surface area contributed by atoms with Crippen molar-refractivity contribution in [1.82, 2.24) is 9.97 Å². The predicted molar refractivity (Wildman–Crippen MR) is 110 cm³/mol. The fraction of sp³-hybridized carbons (Fsp3) is 0.0455. The Morgan fingerprint density at radius 2 is 1.42 bits per heavy atom. The van der Waals surface area contributed by atoms with Crippen molar-refractivity contribution in [3.63, 3.8) is 0 Å². The molecule has 168 valence electrons. The zero-order valence-corrected chi connectivity index (χ0v) is 16.5. The molecule has 2 N–H and O–H groups in total. The molecule has 11 heteroatoms. The molecule has 0 saturated heterocycles. The molecule has 0 aliphatic heterocycles. The fourth-order valence-electron chi connectivity index (χ4n) is 2.91. The molecular weight excluding hydrogens is 447 g/mol. The van der Waals surface area contributed by atoms with E-state index in [2.05, 4.69) is 20.6 Å². The number of ether oxygens (including phenoxy) is 1. The maximum Gasteiger partial charge on any atom is 0.419 e. The minimum Gasteiger partial charge on any atom is -0.454 e. The Hall–Kier alpha value is -4.28. The zero-order chi connectivity index (χ0) is 23.6. The molecule has 1 heterocycles. The normalized spacial score (nSPS) is 11.3. The molecule has 6 nitrogen and oxygen atoms in total. The van der Waals surface area contributed by atoms with E-state index in [9.17, 15) is 26.7 Å². The van der Waals surface area contributed by atoms with Gasteiger partial charge in [0.15, 0.2) is 11.6 Å². The summed E-state index contributed by atoms with van der Waals surface area (Å²) in [6.45, 7) is 0. The zero-order valence-electron chi connectivity index (χ0n) is 16.5. The lowest BCUT2D eigenvalue weighted by molar-refractivity contribution is -0.139. The largest absolute Gasteiger partial charge is 0.454 e. The molecule has 2 amide bonds. The van der Waals surface area contributed by atoms with Crippen molar-refractivity contribution in [2.75, 3.05) is 10.6 Å². The van der Waals surface area contributed by atoms with Gasteiger partial charge in [0, 0.05) is 35.9 Å². The van der Waals surface area contributed by atoms with Gasteiger partial charge in [0.2, 0.25) is 0 Å². The highest BCUT2D eigenvalue weighted by Crippen LogP contribution is 2.33. The molecular formula is C22H13F5N4O2. The second-order valence-electron chi connectivity index (χ2n) is 6.73. The number of benzene rings is 3. The summed E-state index contributed by atoms with van der Waals surface area (Å²) in [5, 5.41) is 4.52. The first-order valence-corrected chi connectivity index (χ1v) is 9.32. The number of halogens is 5. The lowest BCUT2D eigenvalue weighted by atomic mass is 10.2. The van der Waals surface area contributed by atoms with E-state index < -0.39 is 29.4 Å². The molecule has 33 heavy (non-hydrogen) atoms. The molecule has 0 atom stereocenters. The molecule has 0 aliphatic rings. The van der Waals surface area contributed by atoms with Gasteiger partial charge in [-0.3, -0.25) is 9.97 Å². The fourth-order valence-corrected chi connectivity index (χ4v) is 2.91. The number of nitrogens with one attached hydrogen (secondary N) is 2. The molecule has 3 aromatic carbocycles. The van der Waals surface area contributed by atoms with Crippen molar-refractivity contribution in [2.45, 2.75) is 6.18 Å². The van der Waals surface area contributed by atoms with Crippen LogP contribution >= 0.6 is 0 Å². The third-order valence-corrected chi connectivity index (χ3v) is 4.39. The molecule has 0 saturated carbocycles. The van der Waals surface area contributed by atoms with Gasteiger partial charge in [-0.2, -0.15) is 13.2 Å². The van der Waals surface area contributed by atoms with Crippen LogP contribution in [0, 0.1) is 11.6 Å². The highest BCUT2D eigenvalue weighted by Gasteiger charge is 2.34. The Morgan fingerprint density at radius 1 is 0.788 bits per heavy atom. The molecule has 4 aromatic rings. The number of hydrogen-bond donors (Lipinski definition) is 2. The third kappa shape index (κ3) is 5.14. The van der Waals surface area contributed by atoms with E-state index in [0.717, 1.165) is 12.1 Å². The lowest BCUT2D eigenvalue weighted by Gasteiger charge is -2.13. The summed E-state index contributed by atoms with van der Waals surface area (Å²) >= 11 is 0. The Bertz CT molecular complexity index is 1340. The average molecular weight is 460 g/mol. The number of carbonyl (C=O) groups excluding carboxylic acids is 1. The second kappa shape index (κ2) is 8.69. The summed E-state index contributed by atoms with van der Waals surface area (Å²) in [4.78, 5) is 20.4. The van der Waals surface area contributed by atoms with E-state index in [-0.39, 0.29) is 22.9 Å². The van der Waals surface area contributed by atoms with Crippen molar-refractivity contribution in [3.05, 3.63) is 84.2 Å². The molecule has 0 radical (unpaired) electrons. The quantitative estimate of drug-likeness (QED) is 0.348. The van der Waals surface area contributed by atoms with Gasteiger partial charge in [0.05, 0.1) is 16.6 Å². The van der Waals surface area contributed by atoms with Crippen LogP contribution < -0.4 is 15.4 Å². The van der Waals surface area contributed by atoms with E-state index in [1.807, 2.05) is 0 Å². The maximum absolute atomic E-state index is 14.2. The van der Waals surface area contributed by atoms with Crippen LogP contribution in [0.15, 0.2) is 67.0 Å². The van der Waals surface area contributed by atoms with E-state index in [1.165, 1.54) is 24.5 Å². The van der Waals surface area contributed by atoms with Crippen LogP contribution in [0.3, 0.4) is 0 Å². The van der Waals surface area contributed by atoms with Crippen molar-refractivity contribution in [2.24, 2.45) is 0 Å². The van der Waals surface area contributed by atoms with Crippen molar-refractivity contribution in [3.8, 4) is 11.5 Å². The molecule has 4 rings (SSSR count). The number of amides is 2. The van der Waals surface area contributed by atoms with Crippen LogP contribution in [0.25, 0.3) is 11.0 Å². The van der Waals surface area contributed by atoms with E-state index in [0.29, 0.717) is 23.2 Å². The van der Waals surface area contributed by atoms with Crippen molar-refractivity contribution in [1.29, 1.82) is 0 Å². The Balaban J connectivity index is 1.49. The summed E-state index contributed by atoms with van der Waals surface area (Å²) in [5.74, 6) is -2.12. The number of rotatable bonds is 4. The highest BCUT2D eigenvalue weighted by molar-refractivity contribution is 5.99. The molecule has 0 bridgehead atoms. The summed E-state index contributed by atoms with van der Waals surface area (Å²) in [5.41, 5.74) is -0.550. The number of nitrogens with zero attached hydrogens (tertiary/aromatic N) is 2. The van der Waals surface area contributed by atoms with Crippen LogP contribution in [-0.4, -0.2) is 16.0 Å². The van der Waals surface area contributed by atoms with E-state index in [1.54, 1.807) is 18.2 Å². The van der Waals surface area contributed by atoms with Crippen LogP contribution in [0.4, 0.5) is 38.1 Å². The third-order valence-electron chi connectivity index (χ3n) is 4.39. The van der Waals surface area contributed by atoms with Gasteiger partial charge in [0.25, 0.3) is 0 Å². The van der Waals surface area contributed by atoms with Crippen molar-refractivity contribution >= 4 is 28.4 Å². The van der Waals surface area contributed by atoms with Gasteiger partial charge in [-0.15, -0.1) is 0 Å². The minimum atomic E-state index is -4.92. The first kappa shape index (κ1) is 21.9. The minimum absolute atomic E-state index is 0.0997. The van der Waals surface area contributed by atoms with Crippen LogP contribution in [0.5, 0.6) is 11.5 Å². The molecule has 0 aliphatic carbocycles. The summed E-state index contributed by atoms with van der Waals surface area (Å²) in [6, 6.07) is 9.36. The average Bonchev–Trinajstić information content (AvgIpc) is 2.76. The number of hydrogen-bond acceptors (Lipinski definition) is 4. The van der Waals surface area contributed by atoms with Gasteiger partial charge in [-0.05, 0) is 42.5 Å². The Labute approximate surface area is 183 Å². The Morgan fingerprint density at radius 3 is 2.12 bits per heavy atom. The SMILES string of the molecule is O=C(Nc1ccc(F)c(Oc2ccc3nccnc3c2)c1)Nc1ccc(F)c(C(F)(F)F)c1. The van der Waals surface area contributed by atoms with E-state index in [4.69, 9.17) is 4.74 Å². The van der Waals surface area contributed by atoms with Gasteiger partial charge >= 0.3 is 12.2 Å². The summed E-state index contributed by atoms with van der Waals surface area (Å²) < 4.78 is 71.7. The van der Waals surface area contributed by atoms with Crippen LogP contribution in [0.1, 0.15) is 5.56 Å². The number of fused-ring (bicyclic) bond motifs is 1. The molecule has 0 spiro atoms. The van der Waals surface area contributed by atoms with Gasteiger partial charge < -0.3 is 15.4 Å². The van der Waals surface area contributed by atoms with Gasteiger partial charge in [-0.1, -0.05) is 0 Å². The number of aromatic nitrogens is 2. The maximum atomic E-state index is 14.2. The van der Waals surface area contributed by atoms with E-state index >= 15 is 0 Å². The van der Waals surface area contributed by atoms with Crippen LogP contribution in [0.2, 0.25) is 0 Å². The van der Waals surface area contributed by atoms with Gasteiger partial charge in [-0.25, -0.2) is 13.6 Å². The second-order valence-corrected chi connectivity index (χ2v) is 6.73. The first-order valence-electron chi connectivity index (χ1n) is 9.32. The highest BCUT2D eigenvalue weighted by atomic mass is 19.4.